The Labute approximate surface area is 126 Å². The molecule has 1 saturated carbocycles. The van der Waals surface area contributed by atoms with E-state index in [4.69, 9.17) is 0 Å². The molecule has 0 aliphatic heterocycles. The summed E-state index contributed by atoms with van der Waals surface area (Å²) in [6.45, 7) is 4.42. The average molecular weight is 307 g/mol. The molecule has 112 valence electrons. The van der Waals surface area contributed by atoms with E-state index in [1.54, 1.807) is 6.33 Å². The van der Waals surface area contributed by atoms with Crippen molar-refractivity contribution in [2.75, 3.05) is 5.32 Å². The molecule has 1 aliphatic rings. The summed E-state index contributed by atoms with van der Waals surface area (Å²) in [6, 6.07) is 0.184. The van der Waals surface area contributed by atoms with Gasteiger partial charge in [-0.25, -0.2) is 4.79 Å². The molecule has 0 unspecified atom stereocenters. The first-order valence-corrected chi connectivity index (χ1v) is 7.71. The van der Waals surface area contributed by atoms with E-state index in [9.17, 15) is 4.79 Å². The molecular formula is C12H17N7OS. The second-order valence-corrected chi connectivity index (χ2v) is 6.30. The van der Waals surface area contributed by atoms with E-state index in [-0.39, 0.29) is 6.03 Å². The van der Waals surface area contributed by atoms with Crippen molar-refractivity contribution in [1.82, 2.24) is 30.3 Å². The first kappa shape index (κ1) is 13.9. The number of amides is 2. The van der Waals surface area contributed by atoms with Crippen LogP contribution in [0.15, 0.2) is 6.33 Å². The molecule has 1 fully saturated rings. The Bertz CT molecular complexity index is 631. The Balaban J connectivity index is 1.52. The highest BCUT2D eigenvalue weighted by Gasteiger charge is 2.26. The summed E-state index contributed by atoms with van der Waals surface area (Å²) in [4.78, 5) is 11.8. The lowest BCUT2D eigenvalue weighted by molar-refractivity contribution is 0.251. The van der Waals surface area contributed by atoms with Gasteiger partial charge in [-0.05, 0) is 12.8 Å². The van der Waals surface area contributed by atoms with Crippen LogP contribution in [0.5, 0.6) is 0 Å². The van der Waals surface area contributed by atoms with Crippen molar-refractivity contribution in [1.29, 1.82) is 0 Å². The molecule has 3 rings (SSSR count). The Morgan fingerprint density at radius 2 is 2.24 bits per heavy atom. The highest BCUT2D eigenvalue weighted by Crippen LogP contribution is 2.35. The van der Waals surface area contributed by atoms with Gasteiger partial charge >= 0.3 is 6.03 Å². The standard InChI is InChI=1S/C12H17N7OS/c1-7(2)10-17-18-12(21-10)15-11(20)13-5-9-16-14-6-19(9)8-3-4-8/h6-8H,3-5H2,1-2H3,(H2,13,15,18,20). The van der Waals surface area contributed by atoms with Crippen LogP contribution >= 0.6 is 11.3 Å². The molecule has 0 saturated heterocycles. The third kappa shape index (κ3) is 3.35. The Morgan fingerprint density at radius 3 is 2.90 bits per heavy atom. The molecule has 2 N–H and O–H groups in total. The Kier molecular flexibility index (Phi) is 3.82. The van der Waals surface area contributed by atoms with E-state index >= 15 is 0 Å². The molecule has 1 aliphatic carbocycles. The smallest absolute Gasteiger partial charge is 0.321 e. The lowest BCUT2D eigenvalue weighted by atomic mass is 10.2. The molecule has 21 heavy (non-hydrogen) atoms. The van der Waals surface area contributed by atoms with Crippen LogP contribution in [0.25, 0.3) is 0 Å². The predicted molar refractivity (Wildman–Crippen MR) is 78.1 cm³/mol. The van der Waals surface area contributed by atoms with Crippen LogP contribution in [0.3, 0.4) is 0 Å². The molecule has 0 bridgehead atoms. The minimum Gasteiger partial charge on any atom is -0.331 e. The van der Waals surface area contributed by atoms with Gasteiger partial charge < -0.3 is 9.88 Å². The second-order valence-electron chi connectivity index (χ2n) is 5.29. The van der Waals surface area contributed by atoms with Crippen molar-refractivity contribution in [2.24, 2.45) is 0 Å². The van der Waals surface area contributed by atoms with Gasteiger partial charge in [-0.2, -0.15) is 0 Å². The average Bonchev–Trinajstić information content (AvgIpc) is 3.00. The zero-order valence-electron chi connectivity index (χ0n) is 11.9. The SMILES string of the molecule is CC(C)c1nnc(NC(=O)NCc2nncn2C2CC2)s1. The van der Waals surface area contributed by atoms with E-state index in [0.717, 1.165) is 23.7 Å². The second kappa shape index (κ2) is 5.76. The molecule has 2 aromatic heterocycles. The number of urea groups is 1. The molecule has 2 aromatic rings. The lowest BCUT2D eigenvalue weighted by Crippen LogP contribution is -2.29. The van der Waals surface area contributed by atoms with Gasteiger partial charge in [0.2, 0.25) is 5.13 Å². The van der Waals surface area contributed by atoms with Gasteiger partial charge in [0.1, 0.15) is 11.3 Å². The van der Waals surface area contributed by atoms with Gasteiger partial charge in [0.05, 0.1) is 6.54 Å². The molecule has 9 heteroatoms. The van der Waals surface area contributed by atoms with Crippen molar-refractivity contribution in [3.63, 3.8) is 0 Å². The maximum Gasteiger partial charge on any atom is 0.321 e. The molecule has 0 atom stereocenters. The summed E-state index contributed by atoms with van der Waals surface area (Å²) in [6.07, 6.45) is 4.02. The number of aromatic nitrogens is 5. The van der Waals surface area contributed by atoms with Gasteiger partial charge in [0, 0.05) is 12.0 Å². The molecule has 0 radical (unpaired) electrons. The topological polar surface area (TPSA) is 97.6 Å². The molecule has 0 spiro atoms. The number of rotatable bonds is 5. The van der Waals surface area contributed by atoms with E-state index in [1.807, 2.05) is 18.4 Å². The minimum absolute atomic E-state index is 0.304. The van der Waals surface area contributed by atoms with E-state index in [0.29, 0.717) is 23.6 Å². The van der Waals surface area contributed by atoms with Crippen LogP contribution in [-0.2, 0) is 6.54 Å². The van der Waals surface area contributed by atoms with Crippen LogP contribution in [0.2, 0.25) is 0 Å². The van der Waals surface area contributed by atoms with Gasteiger partial charge in [0.25, 0.3) is 0 Å². The highest BCUT2D eigenvalue weighted by molar-refractivity contribution is 7.15. The van der Waals surface area contributed by atoms with Crippen molar-refractivity contribution < 1.29 is 4.79 Å². The predicted octanol–water partition coefficient (Wildman–Crippen LogP) is 1.91. The normalized spacial score (nSPS) is 14.4. The van der Waals surface area contributed by atoms with Gasteiger partial charge in [0.15, 0.2) is 5.82 Å². The zero-order valence-corrected chi connectivity index (χ0v) is 12.7. The number of anilines is 1. The Morgan fingerprint density at radius 1 is 1.43 bits per heavy atom. The number of carbonyl (C=O) groups is 1. The summed E-state index contributed by atoms with van der Waals surface area (Å²) >= 11 is 1.38. The number of carbonyl (C=O) groups excluding carboxylic acids is 1. The van der Waals surface area contributed by atoms with E-state index < -0.39 is 0 Å². The van der Waals surface area contributed by atoms with Crippen LogP contribution in [-0.4, -0.2) is 31.0 Å². The number of hydrogen-bond donors (Lipinski definition) is 2. The first-order valence-electron chi connectivity index (χ1n) is 6.90. The van der Waals surface area contributed by atoms with E-state index in [1.165, 1.54) is 11.3 Å². The maximum absolute atomic E-state index is 11.8. The number of hydrogen-bond acceptors (Lipinski definition) is 6. The van der Waals surface area contributed by atoms with Gasteiger partial charge in [-0.3, -0.25) is 5.32 Å². The summed E-state index contributed by atoms with van der Waals surface area (Å²) < 4.78 is 2.02. The first-order chi connectivity index (χ1) is 10.1. The molecule has 2 heterocycles. The minimum atomic E-state index is -0.313. The molecular weight excluding hydrogens is 290 g/mol. The zero-order chi connectivity index (χ0) is 14.8. The summed E-state index contributed by atoms with van der Waals surface area (Å²) in [5.74, 6) is 1.07. The third-order valence-corrected chi connectivity index (χ3v) is 4.29. The Hall–Kier alpha value is -2.03. The van der Waals surface area contributed by atoms with Crippen molar-refractivity contribution >= 4 is 22.5 Å². The van der Waals surface area contributed by atoms with Crippen molar-refractivity contribution in [2.45, 2.75) is 45.2 Å². The maximum atomic E-state index is 11.8. The number of nitrogens with zero attached hydrogens (tertiary/aromatic N) is 5. The summed E-state index contributed by atoms with van der Waals surface area (Å²) in [5, 5.41) is 22.7. The van der Waals surface area contributed by atoms with Crippen LogP contribution in [0.4, 0.5) is 9.93 Å². The fourth-order valence-electron chi connectivity index (χ4n) is 1.87. The largest absolute Gasteiger partial charge is 0.331 e. The van der Waals surface area contributed by atoms with Crippen LogP contribution < -0.4 is 10.6 Å². The monoisotopic (exact) mass is 307 g/mol. The fourth-order valence-corrected chi connectivity index (χ4v) is 2.61. The lowest BCUT2D eigenvalue weighted by Gasteiger charge is -2.06. The fraction of sp³-hybridized carbons (Fsp3) is 0.583. The quantitative estimate of drug-likeness (QED) is 0.879. The van der Waals surface area contributed by atoms with E-state index in [2.05, 4.69) is 31.0 Å². The van der Waals surface area contributed by atoms with Crippen molar-refractivity contribution in [3.05, 3.63) is 17.2 Å². The summed E-state index contributed by atoms with van der Waals surface area (Å²) in [7, 11) is 0. The highest BCUT2D eigenvalue weighted by atomic mass is 32.1. The van der Waals surface area contributed by atoms with Crippen LogP contribution in [0.1, 0.15) is 49.5 Å². The summed E-state index contributed by atoms with van der Waals surface area (Å²) in [5.41, 5.74) is 0. The van der Waals surface area contributed by atoms with Crippen molar-refractivity contribution in [3.8, 4) is 0 Å². The molecule has 0 aromatic carbocycles. The van der Waals surface area contributed by atoms with Gasteiger partial charge in [-0.1, -0.05) is 25.2 Å². The van der Waals surface area contributed by atoms with Gasteiger partial charge in [-0.15, -0.1) is 20.4 Å². The van der Waals surface area contributed by atoms with Crippen LogP contribution in [0, 0.1) is 0 Å². The third-order valence-electron chi connectivity index (χ3n) is 3.15. The number of nitrogens with one attached hydrogen (secondary N) is 2. The molecule has 8 nitrogen and oxygen atoms in total. The molecule has 2 amide bonds.